The molecular weight excluding hydrogens is 593 g/mol. The van der Waals surface area contributed by atoms with E-state index in [1.54, 1.807) is 0 Å². The molecule has 0 fully saturated rings. The minimum atomic E-state index is -0.0229. The van der Waals surface area contributed by atoms with Crippen LogP contribution >= 0.6 is 0 Å². The number of hydrogen-bond donors (Lipinski definition) is 0. The molecule has 2 heteroatoms. The Morgan fingerprint density at radius 2 is 1.02 bits per heavy atom. The van der Waals surface area contributed by atoms with Gasteiger partial charge < -0.3 is 9.47 Å². The van der Waals surface area contributed by atoms with Crippen molar-refractivity contribution in [2.75, 3.05) is 4.90 Å². The van der Waals surface area contributed by atoms with Gasteiger partial charge >= 0.3 is 0 Å². The van der Waals surface area contributed by atoms with Gasteiger partial charge in [-0.15, -0.1) is 0 Å². The highest BCUT2D eigenvalue weighted by Gasteiger charge is 2.35. The van der Waals surface area contributed by atoms with Crippen LogP contribution in [-0.2, 0) is 5.41 Å². The smallest absolute Gasteiger partial charge is 0.0542 e. The topological polar surface area (TPSA) is 8.17 Å². The molecule has 0 N–H and O–H groups in total. The van der Waals surface area contributed by atoms with E-state index in [4.69, 9.17) is 0 Å². The summed E-state index contributed by atoms with van der Waals surface area (Å²) in [6, 6.07) is 58.2. The Hall–Kier alpha value is -5.86. The number of aryl methyl sites for hydroxylation is 2. The van der Waals surface area contributed by atoms with Crippen LogP contribution in [0.3, 0.4) is 0 Å². The Bertz CT molecular complexity index is 2520. The van der Waals surface area contributed by atoms with Crippen molar-refractivity contribution in [2.45, 2.75) is 33.1 Å². The zero-order valence-corrected chi connectivity index (χ0v) is 28.4. The summed E-state index contributed by atoms with van der Waals surface area (Å²) in [7, 11) is 0. The molecule has 1 heterocycles. The van der Waals surface area contributed by atoms with Gasteiger partial charge in [0.25, 0.3) is 0 Å². The molecule has 0 amide bonds. The number of nitrogens with zero attached hydrogens (tertiary/aromatic N) is 2. The lowest BCUT2D eigenvalue weighted by Crippen LogP contribution is -2.14. The summed E-state index contributed by atoms with van der Waals surface area (Å²) in [5.41, 5.74) is 17.5. The van der Waals surface area contributed by atoms with Crippen molar-refractivity contribution in [3.05, 3.63) is 180 Å². The molecule has 1 aromatic heterocycles. The Kier molecular flexibility index (Phi) is 6.64. The van der Waals surface area contributed by atoms with E-state index in [9.17, 15) is 0 Å². The van der Waals surface area contributed by atoms with Crippen molar-refractivity contribution in [2.24, 2.45) is 0 Å². The molecular formula is C47H38N2. The van der Waals surface area contributed by atoms with E-state index in [-0.39, 0.29) is 5.41 Å². The highest BCUT2D eigenvalue weighted by Crippen LogP contribution is 2.49. The summed E-state index contributed by atoms with van der Waals surface area (Å²) in [5, 5.41) is 2.51. The average Bonchev–Trinajstić information content (AvgIpc) is 3.57. The number of aromatic nitrogens is 1. The lowest BCUT2D eigenvalue weighted by atomic mass is 9.81. The van der Waals surface area contributed by atoms with Gasteiger partial charge in [0.15, 0.2) is 0 Å². The largest absolute Gasteiger partial charge is 0.310 e. The lowest BCUT2D eigenvalue weighted by molar-refractivity contribution is 0.660. The monoisotopic (exact) mass is 630 g/mol. The second kappa shape index (κ2) is 11.1. The fourth-order valence-electron chi connectivity index (χ4n) is 7.95. The molecule has 2 nitrogen and oxygen atoms in total. The molecule has 0 bridgehead atoms. The van der Waals surface area contributed by atoms with Gasteiger partial charge in [-0.3, -0.25) is 0 Å². The third-order valence-corrected chi connectivity index (χ3v) is 10.5. The van der Waals surface area contributed by atoms with E-state index in [2.05, 4.69) is 195 Å². The summed E-state index contributed by atoms with van der Waals surface area (Å²) in [6.07, 6.45) is 0. The molecule has 0 radical (unpaired) electrons. The zero-order valence-electron chi connectivity index (χ0n) is 28.4. The highest BCUT2D eigenvalue weighted by molar-refractivity contribution is 6.11. The van der Waals surface area contributed by atoms with E-state index in [1.807, 2.05) is 0 Å². The molecule has 0 saturated carbocycles. The van der Waals surface area contributed by atoms with Gasteiger partial charge in [0.2, 0.25) is 0 Å². The van der Waals surface area contributed by atoms with Gasteiger partial charge in [0.05, 0.1) is 11.0 Å². The number of hydrogen-bond acceptors (Lipinski definition) is 1. The number of rotatable bonds is 5. The van der Waals surface area contributed by atoms with Crippen molar-refractivity contribution in [3.8, 4) is 27.9 Å². The summed E-state index contributed by atoms with van der Waals surface area (Å²) < 4.78 is 2.38. The minimum Gasteiger partial charge on any atom is -0.310 e. The number of anilines is 3. The maximum atomic E-state index is 2.40. The quantitative estimate of drug-likeness (QED) is 0.184. The Morgan fingerprint density at radius 3 is 1.78 bits per heavy atom. The summed E-state index contributed by atoms with van der Waals surface area (Å²) in [6.45, 7) is 9.01. The molecule has 7 aromatic carbocycles. The van der Waals surface area contributed by atoms with Crippen LogP contribution in [0.25, 0.3) is 49.7 Å². The minimum absolute atomic E-state index is 0.0229. The van der Waals surface area contributed by atoms with E-state index in [0.717, 1.165) is 17.1 Å². The van der Waals surface area contributed by atoms with E-state index in [1.165, 1.54) is 72.0 Å². The third kappa shape index (κ3) is 4.70. The lowest BCUT2D eigenvalue weighted by Gasteiger charge is -2.26. The maximum Gasteiger partial charge on any atom is 0.0542 e. The number of benzene rings is 7. The predicted molar refractivity (Wildman–Crippen MR) is 208 cm³/mol. The van der Waals surface area contributed by atoms with Crippen LogP contribution in [0.5, 0.6) is 0 Å². The van der Waals surface area contributed by atoms with Crippen LogP contribution < -0.4 is 4.90 Å². The SMILES string of the molecule is Cc1ccc(N(c2ccc(-c3ccc4c(c3)C(C)(C)c3ccccc3-4)cc2)c2ccc3c(c2)c2cc(C)ccc2n3-c2ccccc2)cc1. The Balaban J connectivity index is 1.16. The Labute approximate surface area is 288 Å². The third-order valence-electron chi connectivity index (χ3n) is 10.5. The predicted octanol–water partition coefficient (Wildman–Crippen LogP) is 12.8. The first-order chi connectivity index (χ1) is 23.9. The molecule has 0 spiro atoms. The van der Waals surface area contributed by atoms with Crippen molar-refractivity contribution in [1.29, 1.82) is 0 Å². The number of para-hydroxylation sites is 1. The fraction of sp³-hybridized carbons (Fsp3) is 0.106. The van der Waals surface area contributed by atoms with Gasteiger partial charge in [-0.2, -0.15) is 0 Å². The average molecular weight is 631 g/mol. The van der Waals surface area contributed by atoms with Crippen molar-refractivity contribution < 1.29 is 0 Å². The summed E-state index contributed by atoms with van der Waals surface area (Å²) >= 11 is 0. The first-order valence-electron chi connectivity index (χ1n) is 17.2. The molecule has 49 heavy (non-hydrogen) atoms. The van der Waals surface area contributed by atoms with Crippen LogP contribution in [0.15, 0.2) is 158 Å². The van der Waals surface area contributed by atoms with Gasteiger partial charge in [-0.05, 0) is 120 Å². The van der Waals surface area contributed by atoms with Crippen LogP contribution in [0.1, 0.15) is 36.1 Å². The van der Waals surface area contributed by atoms with Crippen molar-refractivity contribution >= 4 is 38.9 Å². The van der Waals surface area contributed by atoms with Crippen molar-refractivity contribution in [3.63, 3.8) is 0 Å². The molecule has 8 aromatic rings. The molecule has 0 unspecified atom stereocenters. The molecule has 0 saturated heterocycles. The second-order valence-corrected chi connectivity index (χ2v) is 14.0. The first-order valence-corrected chi connectivity index (χ1v) is 17.2. The molecule has 0 aliphatic heterocycles. The molecule has 1 aliphatic rings. The van der Waals surface area contributed by atoms with Gasteiger partial charge in [-0.25, -0.2) is 0 Å². The first kappa shape index (κ1) is 29.3. The standard InChI is InChI=1S/C47H38N2/c1-31-14-20-36(21-15-31)48(38-24-27-46-42(30-38)41-28-32(2)16-26-45(41)49(46)35-10-6-5-7-11-35)37-22-17-33(18-23-37)34-19-25-40-39-12-8-9-13-43(39)47(3,4)44(40)29-34/h5-30H,1-4H3. The summed E-state index contributed by atoms with van der Waals surface area (Å²) in [5.74, 6) is 0. The molecule has 0 atom stereocenters. The molecule has 9 rings (SSSR count). The normalized spacial score (nSPS) is 13.1. The van der Waals surface area contributed by atoms with Crippen LogP contribution in [0.2, 0.25) is 0 Å². The van der Waals surface area contributed by atoms with Gasteiger partial charge in [0, 0.05) is 38.9 Å². The van der Waals surface area contributed by atoms with Crippen LogP contribution in [-0.4, -0.2) is 4.57 Å². The number of fused-ring (bicyclic) bond motifs is 6. The maximum absolute atomic E-state index is 2.40. The van der Waals surface area contributed by atoms with E-state index >= 15 is 0 Å². The van der Waals surface area contributed by atoms with Crippen LogP contribution in [0.4, 0.5) is 17.1 Å². The highest BCUT2D eigenvalue weighted by atomic mass is 15.1. The van der Waals surface area contributed by atoms with E-state index < -0.39 is 0 Å². The van der Waals surface area contributed by atoms with Gasteiger partial charge in [-0.1, -0.05) is 110 Å². The zero-order chi connectivity index (χ0) is 33.3. The van der Waals surface area contributed by atoms with Crippen LogP contribution in [0, 0.1) is 13.8 Å². The summed E-state index contributed by atoms with van der Waals surface area (Å²) in [4.78, 5) is 2.38. The van der Waals surface area contributed by atoms with E-state index in [0.29, 0.717) is 0 Å². The fourth-order valence-corrected chi connectivity index (χ4v) is 7.95. The second-order valence-electron chi connectivity index (χ2n) is 14.0. The Morgan fingerprint density at radius 1 is 0.449 bits per heavy atom. The molecule has 1 aliphatic carbocycles. The molecule has 236 valence electrons. The van der Waals surface area contributed by atoms with Gasteiger partial charge in [0.1, 0.15) is 0 Å². The van der Waals surface area contributed by atoms with Crippen molar-refractivity contribution in [1.82, 2.24) is 4.57 Å².